The molecule has 1 aromatic heterocycles. The van der Waals surface area contributed by atoms with Crippen molar-refractivity contribution in [2.45, 2.75) is 13.8 Å². The first-order chi connectivity index (χ1) is 4.34. The van der Waals surface area contributed by atoms with Gasteiger partial charge in [0.15, 0.2) is 0 Å². The minimum Gasteiger partial charge on any atom is -0.152 e. The van der Waals surface area contributed by atoms with Crippen LogP contribution in [0.4, 0.5) is 0 Å². The Morgan fingerprint density at radius 3 is 2.89 bits per heavy atom. The molecule has 0 aliphatic rings. The minimum atomic E-state index is 1.35. The van der Waals surface area contributed by atoms with Crippen molar-refractivity contribution in [2.24, 2.45) is 0 Å². The van der Waals surface area contributed by atoms with Gasteiger partial charge < -0.3 is 0 Å². The second kappa shape index (κ2) is 2.83. The molecule has 0 N–H and O–H groups in total. The Morgan fingerprint density at radius 2 is 2.44 bits per heavy atom. The number of hydrogen-bond acceptors (Lipinski definition) is 1. The highest BCUT2D eigenvalue weighted by atomic mass is 32.1. The number of thiophene rings is 1. The van der Waals surface area contributed by atoms with Crippen LogP contribution in [-0.4, -0.2) is 0 Å². The molecule has 1 heteroatoms. The Morgan fingerprint density at radius 1 is 1.67 bits per heavy atom. The largest absolute Gasteiger partial charge is 0.152 e. The molecule has 0 saturated carbocycles. The first-order valence-electron chi connectivity index (χ1n) is 3.00. The standard InChI is InChI=1S/C8H10S/c1-3-7(2)8-4-5-9-6-8/h3-6H,1-2H3. The highest BCUT2D eigenvalue weighted by Crippen LogP contribution is 2.15. The van der Waals surface area contributed by atoms with Gasteiger partial charge in [0.25, 0.3) is 0 Å². The zero-order valence-electron chi connectivity index (χ0n) is 5.72. The van der Waals surface area contributed by atoms with Crippen molar-refractivity contribution in [3.8, 4) is 0 Å². The van der Waals surface area contributed by atoms with Crippen molar-refractivity contribution >= 4 is 16.9 Å². The molecule has 1 aromatic rings. The van der Waals surface area contributed by atoms with Crippen molar-refractivity contribution in [1.82, 2.24) is 0 Å². The van der Waals surface area contributed by atoms with Gasteiger partial charge >= 0.3 is 0 Å². The van der Waals surface area contributed by atoms with Crippen molar-refractivity contribution in [1.29, 1.82) is 0 Å². The molecular formula is C8H10S. The van der Waals surface area contributed by atoms with Crippen LogP contribution in [0.5, 0.6) is 0 Å². The van der Waals surface area contributed by atoms with Gasteiger partial charge in [-0.05, 0) is 41.8 Å². The summed E-state index contributed by atoms with van der Waals surface area (Å²) < 4.78 is 0. The summed E-state index contributed by atoms with van der Waals surface area (Å²) in [6, 6.07) is 2.14. The van der Waals surface area contributed by atoms with Crippen LogP contribution in [0.15, 0.2) is 22.9 Å². The molecule has 0 aliphatic carbocycles. The first kappa shape index (κ1) is 6.56. The molecule has 0 nitrogen and oxygen atoms in total. The number of hydrogen-bond donors (Lipinski definition) is 0. The highest BCUT2D eigenvalue weighted by molar-refractivity contribution is 7.08. The SMILES string of the molecule is CC=C(C)c1ccsc1. The molecule has 48 valence electrons. The zero-order chi connectivity index (χ0) is 6.69. The molecule has 0 aliphatic heterocycles. The molecule has 0 fully saturated rings. The predicted molar refractivity (Wildman–Crippen MR) is 43.6 cm³/mol. The summed E-state index contributed by atoms with van der Waals surface area (Å²) in [4.78, 5) is 0. The lowest BCUT2D eigenvalue weighted by Crippen LogP contribution is -1.68. The summed E-state index contributed by atoms with van der Waals surface area (Å²) in [5, 5.41) is 4.26. The van der Waals surface area contributed by atoms with E-state index in [2.05, 4.69) is 36.7 Å². The lowest BCUT2D eigenvalue weighted by Gasteiger charge is -1.90. The maximum absolute atomic E-state index is 2.16. The van der Waals surface area contributed by atoms with Crippen molar-refractivity contribution < 1.29 is 0 Å². The predicted octanol–water partition coefficient (Wildman–Crippen LogP) is 3.17. The fourth-order valence-electron chi connectivity index (χ4n) is 0.656. The monoisotopic (exact) mass is 138 g/mol. The van der Waals surface area contributed by atoms with Crippen molar-refractivity contribution in [2.75, 3.05) is 0 Å². The summed E-state index contributed by atoms with van der Waals surface area (Å²) in [6.45, 7) is 4.19. The van der Waals surface area contributed by atoms with Gasteiger partial charge in [-0.2, -0.15) is 11.3 Å². The second-order valence-corrected chi connectivity index (χ2v) is 2.76. The number of allylic oxidation sites excluding steroid dienone is 2. The molecule has 0 spiro atoms. The first-order valence-corrected chi connectivity index (χ1v) is 3.94. The Labute approximate surface area is 59.8 Å². The Bertz CT molecular complexity index is 194. The van der Waals surface area contributed by atoms with Gasteiger partial charge in [0.2, 0.25) is 0 Å². The van der Waals surface area contributed by atoms with Crippen LogP contribution < -0.4 is 0 Å². The third-order valence-electron chi connectivity index (χ3n) is 1.41. The van der Waals surface area contributed by atoms with Gasteiger partial charge in [-0.15, -0.1) is 0 Å². The average molecular weight is 138 g/mol. The molecule has 0 atom stereocenters. The van der Waals surface area contributed by atoms with E-state index in [1.807, 2.05) is 0 Å². The van der Waals surface area contributed by atoms with E-state index >= 15 is 0 Å². The Kier molecular flexibility index (Phi) is 2.06. The molecule has 0 radical (unpaired) electrons. The molecule has 0 saturated heterocycles. The lowest BCUT2D eigenvalue weighted by atomic mass is 10.2. The van der Waals surface area contributed by atoms with Gasteiger partial charge in [0, 0.05) is 0 Å². The van der Waals surface area contributed by atoms with Crippen LogP contribution in [0.1, 0.15) is 19.4 Å². The molecule has 0 unspecified atom stereocenters. The fraction of sp³-hybridized carbons (Fsp3) is 0.250. The van der Waals surface area contributed by atoms with Gasteiger partial charge in [-0.25, -0.2) is 0 Å². The molecule has 0 aromatic carbocycles. The Balaban J connectivity index is 2.90. The summed E-state index contributed by atoms with van der Waals surface area (Å²) in [5.41, 5.74) is 2.71. The quantitative estimate of drug-likeness (QED) is 0.559. The van der Waals surface area contributed by atoms with E-state index in [1.54, 1.807) is 11.3 Å². The van der Waals surface area contributed by atoms with Gasteiger partial charge in [-0.3, -0.25) is 0 Å². The van der Waals surface area contributed by atoms with Gasteiger partial charge in [0.05, 0.1) is 0 Å². The highest BCUT2D eigenvalue weighted by Gasteiger charge is 1.90. The van der Waals surface area contributed by atoms with Crippen LogP contribution in [0.2, 0.25) is 0 Å². The molecule has 9 heavy (non-hydrogen) atoms. The van der Waals surface area contributed by atoms with Crippen molar-refractivity contribution in [3.63, 3.8) is 0 Å². The van der Waals surface area contributed by atoms with Crippen LogP contribution in [-0.2, 0) is 0 Å². The topological polar surface area (TPSA) is 0 Å². The third kappa shape index (κ3) is 1.42. The summed E-state index contributed by atoms with van der Waals surface area (Å²) in [5.74, 6) is 0. The molecule has 0 bridgehead atoms. The molecule has 1 heterocycles. The minimum absolute atomic E-state index is 1.35. The molecule has 1 rings (SSSR count). The van der Waals surface area contributed by atoms with Gasteiger partial charge in [-0.1, -0.05) is 6.08 Å². The van der Waals surface area contributed by atoms with E-state index in [0.29, 0.717) is 0 Å². The Hall–Kier alpha value is -0.560. The summed E-state index contributed by atoms with van der Waals surface area (Å²) >= 11 is 1.74. The van der Waals surface area contributed by atoms with Crippen molar-refractivity contribution in [3.05, 3.63) is 28.5 Å². The maximum Gasteiger partial charge on any atom is -0.00182 e. The van der Waals surface area contributed by atoms with Crippen LogP contribution in [0, 0.1) is 0 Å². The van der Waals surface area contributed by atoms with Crippen LogP contribution in [0.25, 0.3) is 5.57 Å². The van der Waals surface area contributed by atoms with Gasteiger partial charge in [0.1, 0.15) is 0 Å². The zero-order valence-corrected chi connectivity index (χ0v) is 6.53. The fourth-order valence-corrected chi connectivity index (χ4v) is 1.37. The normalized spacial score (nSPS) is 12.0. The summed E-state index contributed by atoms with van der Waals surface area (Å²) in [6.07, 6.45) is 2.13. The van der Waals surface area contributed by atoms with E-state index < -0.39 is 0 Å². The van der Waals surface area contributed by atoms with E-state index in [-0.39, 0.29) is 0 Å². The lowest BCUT2D eigenvalue weighted by molar-refractivity contribution is 1.60. The van der Waals surface area contributed by atoms with Crippen LogP contribution in [0.3, 0.4) is 0 Å². The maximum atomic E-state index is 2.16. The molecule has 0 amide bonds. The van der Waals surface area contributed by atoms with E-state index in [0.717, 1.165) is 0 Å². The van der Waals surface area contributed by atoms with Crippen LogP contribution >= 0.6 is 11.3 Å². The van der Waals surface area contributed by atoms with E-state index in [1.165, 1.54) is 11.1 Å². The second-order valence-electron chi connectivity index (χ2n) is 1.98. The molecular weight excluding hydrogens is 128 g/mol. The van der Waals surface area contributed by atoms with E-state index in [4.69, 9.17) is 0 Å². The van der Waals surface area contributed by atoms with E-state index in [9.17, 15) is 0 Å². The smallest absolute Gasteiger partial charge is 0.00182 e. The average Bonchev–Trinajstić information content (AvgIpc) is 2.37. The third-order valence-corrected chi connectivity index (χ3v) is 2.09. The summed E-state index contributed by atoms with van der Waals surface area (Å²) in [7, 11) is 0. The number of rotatable bonds is 1.